The van der Waals surface area contributed by atoms with Crippen molar-refractivity contribution in [3.05, 3.63) is 0 Å². The zero-order chi connectivity index (χ0) is 9.64. The lowest BCUT2D eigenvalue weighted by atomic mass is 10.4. The molecule has 2 radical (unpaired) electrons. The molecule has 2 aliphatic heterocycles. The van der Waals surface area contributed by atoms with E-state index in [0.717, 1.165) is 52.4 Å². The minimum Gasteiger partial charge on any atom is -0.299 e. The van der Waals surface area contributed by atoms with Crippen molar-refractivity contribution in [3.8, 4) is 0 Å². The molecule has 80 valence electrons. The molecular formula is C10H20N4. The van der Waals surface area contributed by atoms with E-state index in [2.05, 4.69) is 20.4 Å². The zero-order valence-corrected chi connectivity index (χ0v) is 8.86. The third kappa shape index (κ3) is 3.20. The van der Waals surface area contributed by atoms with Gasteiger partial charge in [-0.2, -0.15) is 0 Å². The third-order valence-electron chi connectivity index (χ3n) is 3.03. The summed E-state index contributed by atoms with van der Waals surface area (Å²) in [5.74, 6) is 0. The zero-order valence-electron chi connectivity index (χ0n) is 8.86. The third-order valence-corrected chi connectivity index (χ3v) is 3.03. The Morgan fingerprint density at radius 2 is 0.857 bits per heavy atom. The van der Waals surface area contributed by atoms with Crippen LogP contribution in [0.2, 0.25) is 0 Å². The van der Waals surface area contributed by atoms with Crippen molar-refractivity contribution < 1.29 is 0 Å². The van der Waals surface area contributed by atoms with E-state index in [1.807, 2.05) is 0 Å². The molecule has 0 amide bonds. The molecule has 2 bridgehead atoms. The van der Waals surface area contributed by atoms with Crippen LogP contribution in [0.15, 0.2) is 0 Å². The first-order valence-corrected chi connectivity index (χ1v) is 5.66. The van der Waals surface area contributed by atoms with Gasteiger partial charge in [0.05, 0.1) is 0 Å². The monoisotopic (exact) mass is 196 g/mol. The predicted octanol–water partition coefficient (Wildman–Crippen LogP) is -1.17. The van der Waals surface area contributed by atoms with Gasteiger partial charge < -0.3 is 0 Å². The van der Waals surface area contributed by atoms with E-state index in [1.165, 1.54) is 13.1 Å². The summed E-state index contributed by atoms with van der Waals surface area (Å²) in [6, 6.07) is 0. The van der Waals surface area contributed by atoms with E-state index >= 15 is 0 Å². The maximum atomic E-state index is 4.53. The van der Waals surface area contributed by atoms with Crippen molar-refractivity contribution in [2.24, 2.45) is 0 Å². The van der Waals surface area contributed by atoms with Crippen LogP contribution >= 0.6 is 0 Å². The fourth-order valence-corrected chi connectivity index (χ4v) is 2.03. The summed E-state index contributed by atoms with van der Waals surface area (Å²) in [5.41, 5.74) is 0. The maximum absolute atomic E-state index is 4.53. The Balaban J connectivity index is 1.92. The summed E-state index contributed by atoms with van der Waals surface area (Å²) in [6.07, 6.45) is 0. The topological polar surface area (TPSA) is 34.7 Å². The second-order valence-corrected chi connectivity index (χ2v) is 4.02. The minimum absolute atomic E-state index is 1.01. The van der Waals surface area contributed by atoms with Gasteiger partial charge in [0.25, 0.3) is 0 Å². The van der Waals surface area contributed by atoms with Crippen LogP contribution in [0.4, 0.5) is 0 Å². The highest BCUT2D eigenvalue weighted by molar-refractivity contribution is 4.72. The van der Waals surface area contributed by atoms with Crippen molar-refractivity contribution in [2.75, 3.05) is 65.4 Å². The summed E-state index contributed by atoms with van der Waals surface area (Å²) in [7, 11) is 0. The lowest BCUT2D eigenvalue weighted by molar-refractivity contribution is 0.237. The number of hydrogen-bond acceptors (Lipinski definition) is 2. The Hall–Kier alpha value is -0.160. The van der Waals surface area contributed by atoms with Crippen molar-refractivity contribution >= 4 is 0 Å². The number of rotatable bonds is 0. The summed E-state index contributed by atoms with van der Waals surface area (Å²) >= 11 is 0. The SMILES string of the molecule is C1CN2CC[N]CCN(CC[N]1)CC2. The lowest BCUT2D eigenvalue weighted by Crippen LogP contribution is -2.36. The first kappa shape index (κ1) is 10.4. The quantitative estimate of drug-likeness (QED) is 0.489. The first-order valence-electron chi connectivity index (χ1n) is 5.66. The second kappa shape index (κ2) is 5.66. The average molecular weight is 196 g/mol. The number of nitrogens with zero attached hydrogens (tertiary/aromatic N) is 4. The number of hydrogen-bond donors (Lipinski definition) is 0. The molecule has 0 spiro atoms. The summed E-state index contributed by atoms with van der Waals surface area (Å²) in [5, 5.41) is 9.06. The summed E-state index contributed by atoms with van der Waals surface area (Å²) in [4.78, 5) is 4.99. The minimum atomic E-state index is 1.01. The normalized spacial score (nSPS) is 36.0. The van der Waals surface area contributed by atoms with Crippen LogP contribution in [0.5, 0.6) is 0 Å². The molecule has 2 heterocycles. The van der Waals surface area contributed by atoms with Crippen LogP contribution in [0.3, 0.4) is 0 Å². The van der Waals surface area contributed by atoms with E-state index in [9.17, 15) is 0 Å². The van der Waals surface area contributed by atoms with Gasteiger partial charge in [-0.05, 0) is 0 Å². The molecule has 0 atom stereocenters. The fraction of sp³-hybridized carbons (Fsp3) is 1.00. The number of fused-ring (bicyclic) bond motifs is 3. The Morgan fingerprint density at radius 1 is 0.500 bits per heavy atom. The summed E-state index contributed by atoms with van der Waals surface area (Å²) in [6.45, 7) is 10.9. The molecule has 2 saturated heterocycles. The van der Waals surface area contributed by atoms with E-state index in [0.29, 0.717) is 0 Å². The van der Waals surface area contributed by atoms with E-state index in [1.54, 1.807) is 0 Å². The van der Waals surface area contributed by atoms with Gasteiger partial charge in [-0.25, -0.2) is 10.6 Å². The molecule has 14 heavy (non-hydrogen) atoms. The van der Waals surface area contributed by atoms with Crippen LogP contribution in [0.1, 0.15) is 0 Å². The highest BCUT2D eigenvalue weighted by Gasteiger charge is 2.13. The van der Waals surface area contributed by atoms with Gasteiger partial charge in [0.1, 0.15) is 0 Å². The van der Waals surface area contributed by atoms with Gasteiger partial charge in [0.2, 0.25) is 0 Å². The molecule has 0 aromatic carbocycles. The Kier molecular flexibility index (Phi) is 4.19. The Morgan fingerprint density at radius 3 is 1.21 bits per heavy atom. The van der Waals surface area contributed by atoms with Gasteiger partial charge in [0.15, 0.2) is 0 Å². The van der Waals surface area contributed by atoms with Crippen LogP contribution in [0.25, 0.3) is 0 Å². The molecule has 0 aromatic rings. The maximum Gasteiger partial charge on any atom is 0.0261 e. The standard InChI is InChI=1S/C10H20N4/c1-5-13-7-3-12-4-8-14(10-9-13)6-2-11-1/h1-10H2. The molecule has 0 N–H and O–H groups in total. The fourth-order valence-electron chi connectivity index (χ4n) is 2.03. The van der Waals surface area contributed by atoms with Crippen molar-refractivity contribution in [1.29, 1.82) is 0 Å². The van der Waals surface area contributed by atoms with Crippen LogP contribution in [0, 0.1) is 0 Å². The molecule has 2 rings (SSSR count). The Bertz CT molecular complexity index is 132. The van der Waals surface area contributed by atoms with Gasteiger partial charge in [0, 0.05) is 65.4 Å². The van der Waals surface area contributed by atoms with Crippen LogP contribution < -0.4 is 10.6 Å². The second-order valence-electron chi connectivity index (χ2n) is 4.02. The predicted molar refractivity (Wildman–Crippen MR) is 56.6 cm³/mol. The molecule has 0 aromatic heterocycles. The molecular weight excluding hydrogens is 176 g/mol. The van der Waals surface area contributed by atoms with E-state index in [4.69, 9.17) is 0 Å². The molecule has 0 aliphatic carbocycles. The van der Waals surface area contributed by atoms with E-state index in [-0.39, 0.29) is 0 Å². The van der Waals surface area contributed by atoms with Gasteiger partial charge in [-0.15, -0.1) is 0 Å². The van der Waals surface area contributed by atoms with E-state index < -0.39 is 0 Å². The first-order chi connectivity index (χ1) is 6.95. The van der Waals surface area contributed by atoms with Gasteiger partial charge in [-0.1, -0.05) is 0 Å². The largest absolute Gasteiger partial charge is 0.299 e. The average Bonchev–Trinajstić information content (AvgIpc) is 2.34. The molecule has 4 heteroatoms. The van der Waals surface area contributed by atoms with Gasteiger partial charge >= 0.3 is 0 Å². The Labute approximate surface area is 86.6 Å². The molecule has 4 nitrogen and oxygen atoms in total. The smallest absolute Gasteiger partial charge is 0.0261 e. The van der Waals surface area contributed by atoms with Crippen molar-refractivity contribution in [3.63, 3.8) is 0 Å². The van der Waals surface area contributed by atoms with Crippen molar-refractivity contribution in [1.82, 2.24) is 20.4 Å². The highest BCUT2D eigenvalue weighted by atomic mass is 15.2. The molecule has 0 unspecified atom stereocenters. The summed E-state index contributed by atoms with van der Waals surface area (Å²) < 4.78 is 0. The van der Waals surface area contributed by atoms with Crippen molar-refractivity contribution in [2.45, 2.75) is 0 Å². The molecule has 2 aliphatic rings. The van der Waals surface area contributed by atoms with Crippen LogP contribution in [-0.2, 0) is 0 Å². The van der Waals surface area contributed by atoms with Gasteiger partial charge in [-0.3, -0.25) is 9.80 Å². The van der Waals surface area contributed by atoms with Crippen LogP contribution in [-0.4, -0.2) is 75.2 Å². The lowest BCUT2D eigenvalue weighted by Gasteiger charge is -2.22. The molecule has 2 fully saturated rings. The molecule has 0 saturated carbocycles. The highest BCUT2D eigenvalue weighted by Crippen LogP contribution is 1.97.